The van der Waals surface area contributed by atoms with E-state index < -0.39 is 0 Å². The molecule has 0 spiro atoms. The van der Waals surface area contributed by atoms with E-state index in [-0.39, 0.29) is 5.56 Å². The first kappa shape index (κ1) is 15.4. The van der Waals surface area contributed by atoms with Crippen LogP contribution in [0.4, 0.5) is 0 Å². The third-order valence-corrected chi connectivity index (χ3v) is 4.98. The smallest absolute Gasteiger partial charge is 0.262 e. The molecule has 4 nitrogen and oxygen atoms in total. The van der Waals surface area contributed by atoms with Crippen LogP contribution in [0, 0.1) is 4.77 Å². The van der Waals surface area contributed by atoms with Crippen molar-refractivity contribution in [1.82, 2.24) is 14.5 Å². The monoisotopic (exact) mass is 317 g/mol. The number of likely N-dealkylation sites (tertiary alicyclic amines) is 1. The minimum Gasteiger partial charge on any atom is -0.332 e. The molecule has 1 N–H and O–H groups in total. The SMILES string of the molecule is C[C@H]1CCCCN1CCCn1c(=S)[nH]c2ccccc2c1=O. The maximum absolute atomic E-state index is 12.6. The lowest BCUT2D eigenvalue weighted by molar-refractivity contribution is 0.156. The lowest BCUT2D eigenvalue weighted by atomic mass is 10.0. The van der Waals surface area contributed by atoms with Crippen LogP contribution in [0.25, 0.3) is 10.9 Å². The molecule has 0 amide bonds. The highest BCUT2D eigenvalue weighted by atomic mass is 32.1. The molecule has 0 saturated carbocycles. The van der Waals surface area contributed by atoms with Crippen molar-refractivity contribution in [2.45, 2.75) is 45.2 Å². The first-order chi connectivity index (χ1) is 10.7. The number of nitrogens with zero attached hydrogens (tertiary/aromatic N) is 2. The lowest BCUT2D eigenvalue weighted by Gasteiger charge is -2.33. The van der Waals surface area contributed by atoms with Crippen LogP contribution in [-0.4, -0.2) is 33.6 Å². The Morgan fingerprint density at radius 2 is 2.09 bits per heavy atom. The molecular weight excluding hydrogens is 294 g/mol. The quantitative estimate of drug-likeness (QED) is 0.880. The number of H-pyrrole nitrogens is 1. The van der Waals surface area contributed by atoms with Crippen molar-refractivity contribution in [2.75, 3.05) is 13.1 Å². The maximum Gasteiger partial charge on any atom is 0.262 e. The number of para-hydroxylation sites is 1. The van der Waals surface area contributed by atoms with Crippen molar-refractivity contribution in [1.29, 1.82) is 0 Å². The minimum atomic E-state index is 0.0195. The van der Waals surface area contributed by atoms with Crippen LogP contribution in [0.15, 0.2) is 29.1 Å². The molecule has 2 aromatic rings. The van der Waals surface area contributed by atoms with Gasteiger partial charge in [-0.1, -0.05) is 18.6 Å². The van der Waals surface area contributed by atoms with E-state index in [4.69, 9.17) is 12.2 Å². The Balaban J connectivity index is 1.74. The molecule has 1 fully saturated rings. The highest BCUT2D eigenvalue weighted by molar-refractivity contribution is 7.71. The zero-order valence-corrected chi connectivity index (χ0v) is 13.9. The molecule has 3 rings (SSSR count). The van der Waals surface area contributed by atoms with Crippen LogP contribution in [0.5, 0.6) is 0 Å². The molecule has 5 heteroatoms. The van der Waals surface area contributed by atoms with Crippen molar-refractivity contribution in [3.63, 3.8) is 0 Å². The number of hydrogen-bond acceptors (Lipinski definition) is 3. The summed E-state index contributed by atoms with van der Waals surface area (Å²) in [6.07, 6.45) is 4.88. The van der Waals surface area contributed by atoms with E-state index in [9.17, 15) is 4.79 Å². The number of nitrogens with one attached hydrogen (secondary N) is 1. The van der Waals surface area contributed by atoms with Crippen LogP contribution in [0.1, 0.15) is 32.6 Å². The van der Waals surface area contributed by atoms with Crippen molar-refractivity contribution in [2.24, 2.45) is 0 Å². The summed E-state index contributed by atoms with van der Waals surface area (Å²) in [5.41, 5.74) is 0.837. The van der Waals surface area contributed by atoms with E-state index in [1.807, 2.05) is 24.3 Å². The molecule has 118 valence electrons. The Morgan fingerprint density at radius 1 is 1.27 bits per heavy atom. The van der Waals surface area contributed by atoms with E-state index in [2.05, 4.69) is 16.8 Å². The van der Waals surface area contributed by atoms with Crippen LogP contribution in [-0.2, 0) is 6.54 Å². The maximum atomic E-state index is 12.6. The zero-order valence-electron chi connectivity index (χ0n) is 13.0. The molecule has 1 saturated heterocycles. The second-order valence-electron chi connectivity index (χ2n) is 6.17. The fourth-order valence-corrected chi connectivity index (χ4v) is 3.61. The number of aromatic nitrogens is 2. The standard InChI is InChI=1S/C17H23N3OS/c1-13-7-4-5-10-19(13)11-6-12-20-16(21)14-8-2-3-9-15(14)18-17(20)22/h2-3,8-9,13H,4-7,10-12H2,1H3,(H,18,22)/t13-/m0/s1. The van der Waals surface area contributed by atoms with Crippen LogP contribution in [0.2, 0.25) is 0 Å². The van der Waals surface area contributed by atoms with Gasteiger partial charge in [0.2, 0.25) is 0 Å². The van der Waals surface area contributed by atoms with Gasteiger partial charge in [0.15, 0.2) is 4.77 Å². The second-order valence-corrected chi connectivity index (χ2v) is 6.55. The molecule has 0 bridgehead atoms. The van der Waals surface area contributed by atoms with Gasteiger partial charge in [0, 0.05) is 19.1 Å². The van der Waals surface area contributed by atoms with Gasteiger partial charge in [0.25, 0.3) is 5.56 Å². The predicted octanol–water partition coefficient (Wildman–Crippen LogP) is 3.32. The fourth-order valence-electron chi connectivity index (χ4n) is 3.32. The third-order valence-electron chi connectivity index (χ3n) is 4.66. The molecule has 2 heterocycles. The topological polar surface area (TPSA) is 41.0 Å². The summed E-state index contributed by atoms with van der Waals surface area (Å²) in [5.74, 6) is 0. The first-order valence-electron chi connectivity index (χ1n) is 8.13. The van der Waals surface area contributed by atoms with Gasteiger partial charge >= 0.3 is 0 Å². The van der Waals surface area contributed by atoms with Crippen LogP contribution < -0.4 is 5.56 Å². The summed E-state index contributed by atoms with van der Waals surface area (Å²) >= 11 is 5.35. The molecule has 0 radical (unpaired) electrons. The molecule has 22 heavy (non-hydrogen) atoms. The summed E-state index contributed by atoms with van der Waals surface area (Å²) in [7, 11) is 0. The summed E-state index contributed by atoms with van der Waals surface area (Å²) in [5, 5.41) is 0.711. The summed E-state index contributed by atoms with van der Waals surface area (Å²) in [4.78, 5) is 18.2. The average Bonchev–Trinajstić information content (AvgIpc) is 2.52. The molecule has 1 aliphatic rings. The van der Waals surface area contributed by atoms with E-state index in [0.717, 1.165) is 18.5 Å². The first-order valence-corrected chi connectivity index (χ1v) is 8.53. The van der Waals surface area contributed by atoms with Crippen molar-refractivity contribution in [3.8, 4) is 0 Å². The Kier molecular flexibility index (Phi) is 4.74. The normalized spacial score (nSPS) is 19.6. The molecular formula is C17H23N3OS. The summed E-state index contributed by atoms with van der Waals surface area (Å²) in [6.45, 7) is 5.20. The molecule has 1 atom stereocenters. The number of fused-ring (bicyclic) bond motifs is 1. The minimum absolute atomic E-state index is 0.0195. The Bertz CT molecular complexity index is 764. The van der Waals surface area contributed by atoms with Gasteiger partial charge in [-0.3, -0.25) is 9.36 Å². The van der Waals surface area contributed by atoms with E-state index in [0.29, 0.717) is 22.7 Å². The Morgan fingerprint density at radius 3 is 2.91 bits per heavy atom. The Hall–Kier alpha value is -1.46. The number of benzene rings is 1. The number of piperidine rings is 1. The fraction of sp³-hybridized carbons (Fsp3) is 0.529. The van der Waals surface area contributed by atoms with E-state index in [1.165, 1.54) is 25.8 Å². The molecule has 1 aromatic heterocycles. The highest BCUT2D eigenvalue weighted by Crippen LogP contribution is 2.16. The average molecular weight is 317 g/mol. The molecule has 0 unspecified atom stereocenters. The van der Waals surface area contributed by atoms with Crippen molar-refractivity contribution < 1.29 is 0 Å². The van der Waals surface area contributed by atoms with Crippen molar-refractivity contribution >= 4 is 23.1 Å². The number of rotatable bonds is 4. The van der Waals surface area contributed by atoms with Gasteiger partial charge in [-0.15, -0.1) is 0 Å². The molecule has 1 aromatic carbocycles. The van der Waals surface area contributed by atoms with Gasteiger partial charge < -0.3 is 9.88 Å². The second kappa shape index (κ2) is 6.75. The Labute approximate surface area is 135 Å². The summed E-state index contributed by atoms with van der Waals surface area (Å²) < 4.78 is 2.22. The third kappa shape index (κ3) is 3.15. The lowest BCUT2D eigenvalue weighted by Crippen LogP contribution is -2.38. The van der Waals surface area contributed by atoms with Gasteiger partial charge in [0.1, 0.15) is 0 Å². The molecule has 1 aliphatic heterocycles. The van der Waals surface area contributed by atoms with Gasteiger partial charge in [-0.25, -0.2) is 0 Å². The van der Waals surface area contributed by atoms with E-state index >= 15 is 0 Å². The highest BCUT2D eigenvalue weighted by Gasteiger charge is 2.17. The van der Waals surface area contributed by atoms with Gasteiger partial charge in [-0.05, 0) is 57.1 Å². The zero-order chi connectivity index (χ0) is 15.5. The predicted molar refractivity (Wildman–Crippen MR) is 92.9 cm³/mol. The van der Waals surface area contributed by atoms with Gasteiger partial charge in [0.05, 0.1) is 10.9 Å². The van der Waals surface area contributed by atoms with Crippen molar-refractivity contribution in [3.05, 3.63) is 39.4 Å². The molecule has 0 aliphatic carbocycles. The van der Waals surface area contributed by atoms with Crippen LogP contribution in [0.3, 0.4) is 0 Å². The number of aromatic amines is 1. The van der Waals surface area contributed by atoms with Gasteiger partial charge in [-0.2, -0.15) is 0 Å². The number of hydrogen-bond donors (Lipinski definition) is 1. The summed E-state index contributed by atoms with van der Waals surface area (Å²) in [6, 6.07) is 8.21. The van der Waals surface area contributed by atoms with E-state index in [1.54, 1.807) is 4.57 Å². The largest absolute Gasteiger partial charge is 0.332 e. The van der Waals surface area contributed by atoms with Crippen LogP contribution >= 0.6 is 12.2 Å².